The van der Waals surface area contributed by atoms with Gasteiger partial charge in [0.05, 0.1) is 24.8 Å². The number of carbonyl (C=O) groups is 2. The van der Waals surface area contributed by atoms with Crippen LogP contribution < -0.4 is 9.64 Å². The van der Waals surface area contributed by atoms with Gasteiger partial charge in [0.1, 0.15) is 23.7 Å². The fourth-order valence-electron chi connectivity index (χ4n) is 5.65. The van der Waals surface area contributed by atoms with Crippen molar-refractivity contribution in [2.24, 2.45) is 0 Å². The lowest BCUT2D eigenvalue weighted by Crippen LogP contribution is -2.36. The van der Waals surface area contributed by atoms with Crippen LogP contribution in [0, 0.1) is 0 Å². The Morgan fingerprint density at radius 1 is 0.729 bits per heavy atom. The van der Waals surface area contributed by atoms with E-state index < -0.39 is 12.1 Å². The van der Waals surface area contributed by atoms with E-state index in [-0.39, 0.29) is 12.6 Å². The number of fused-ring (bicyclic) bond motifs is 1. The number of ether oxygens (including phenoxy) is 3. The van der Waals surface area contributed by atoms with Crippen LogP contribution in [0.2, 0.25) is 0 Å². The molecule has 0 N–H and O–H groups in total. The van der Waals surface area contributed by atoms with E-state index in [2.05, 4.69) is 0 Å². The Morgan fingerprint density at radius 3 is 2.06 bits per heavy atom. The molecule has 0 aliphatic carbocycles. The first kappa shape index (κ1) is 32.1. The maximum Gasteiger partial charge on any atom is 0.415 e. The van der Waals surface area contributed by atoms with E-state index in [9.17, 15) is 9.59 Å². The predicted molar refractivity (Wildman–Crippen MR) is 187 cm³/mol. The standard InChI is InChI=1S/C41H37NO6/c1-2-45-39(43)23-14-26-46-37-22-13-12-21-35(37)38-28-33-27-34(24-25-36(33)48-38)42(41(44)47-29-30-15-6-3-7-16-30)40(31-17-8-4-9-18-31)32-19-10-5-11-20-32/h3-13,15-22,24-25,27-28,40H,2,14,23,26,29H2,1H3. The second-order valence-electron chi connectivity index (χ2n) is 11.2. The van der Waals surface area contributed by atoms with Gasteiger partial charge in [-0.15, -0.1) is 0 Å². The van der Waals surface area contributed by atoms with E-state index in [4.69, 9.17) is 18.6 Å². The van der Waals surface area contributed by atoms with Gasteiger partial charge in [-0.1, -0.05) is 103 Å². The van der Waals surface area contributed by atoms with Gasteiger partial charge in [0, 0.05) is 17.5 Å². The summed E-state index contributed by atoms with van der Waals surface area (Å²) in [6, 6.07) is 44.4. The highest BCUT2D eigenvalue weighted by Gasteiger charge is 2.30. The van der Waals surface area contributed by atoms with Crippen molar-refractivity contribution in [3.8, 4) is 17.1 Å². The number of carbonyl (C=O) groups excluding carboxylic acids is 2. The minimum Gasteiger partial charge on any atom is -0.493 e. The smallest absolute Gasteiger partial charge is 0.415 e. The molecule has 0 aliphatic heterocycles. The number of nitrogens with zero attached hydrogens (tertiary/aromatic N) is 1. The first-order valence-corrected chi connectivity index (χ1v) is 16.1. The van der Waals surface area contributed by atoms with Gasteiger partial charge >= 0.3 is 12.1 Å². The van der Waals surface area contributed by atoms with Crippen molar-refractivity contribution in [2.45, 2.75) is 32.4 Å². The number of para-hydroxylation sites is 1. The number of amides is 1. The second-order valence-corrected chi connectivity index (χ2v) is 11.2. The van der Waals surface area contributed by atoms with Gasteiger partial charge < -0.3 is 18.6 Å². The van der Waals surface area contributed by atoms with Crippen LogP contribution in [-0.2, 0) is 20.9 Å². The van der Waals surface area contributed by atoms with Crippen LogP contribution in [-0.4, -0.2) is 25.3 Å². The molecule has 0 radical (unpaired) electrons. The molecule has 48 heavy (non-hydrogen) atoms. The third kappa shape index (κ3) is 7.76. The zero-order valence-electron chi connectivity index (χ0n) is 26.8. The largest absolute Gasteiger partial charge is 0.493 e. The molecule has 5 aromatic carbocycles. The van der Waals surface area contributed by atoms with Gasteiger partial charge in [-0.05, 0) is 66.4 Å². The molecule has 0 spiro atoms. The molecule has 0 saturated heterocycles. The molecule has 0 saturated carbocycles. The lowest BCUT2D eigenvalue weighted by Gasteiger charge is -2.32. The van der Waals surface area contributed by atoms with Crippen LogP contribution in [0.4, 0.5) is 10.5 Å². The summed E-state index contributed by atoms with van der Waals surface area (Å²) in [6.45, 7) is 2.66. The monoisotopic (exact) mass is 639 g/mol. The van der Waals surface area contributed by atoms with Gasteiger partial charge in [0.2, 0.25) is 0 Å². The Hall–Kier alpha value is -5.82. The summed E-state index contributed by atoms with van der Waals surface area (Å²) < 4.78 is 23.4. The van der Waals surface area contributed by atoms with E-state index in [1.165, 1.54) is 0 Å². The summed E-state index contributed by atoms with van der Waals surface area (Å²) in [6.07, 6.45) is 0.360. The van der Waals surface area contributed by atoms with Crippen molar-refractivity contribution < 1.29 is 28.2 Å². The summed E-state index contributed by atoms with van der Waals surface area (Å²) in [5.41, 5.74) is 4.91. The van der Waals surface area contributed by atoms with Crippen LogP contribution in [0.3, 0.4) is 0 Å². The number of anilines is 1. The average Bonchev–Trinajstić information content (AvgIpc) is 3.56. The van der Waals surface area contributed by atoms with E-state index in [0.29, 0.717) is 48.8 Å². The van der Waals surface area contributed by atoms with Crippen LogP contribution in [0.5, 0.6) is 5.75 Å². The molecule has 0 unspecified atom stereocenters. The maximum absolute atomic E-state index is 14.2. The van der Waals surface area contributed by atoms with Gasteiger partial charge in [0.25, 0.3) is 0 Å². The second kappa shape index (κ2) is 15.6. The first-order chi connectivity index (χ1) is 23.6. The third-order valence-electron chi connectivity index (χ3n) is 7.91. The third-order valence-corrected chi connectivity index (χ3v) is 7.91. The van der Waals surface area contributed by atoms with Crippen molar-refractivity contribution >= 4 is 28.7 Å². The predicted octanol–water partition coefficient (Wildman–Crippen LogP) is 9.75. The SMILES string of the molecule is CCOC(=O)CCCOc1ccccc1-c1cc2cc(N(C(=O)OCc3ccccc3)C(c3ccccc3)c3ccccc3)ccc2o1. The van der Waals surface area contributed by atoms with Crippen molar-refractivity contribution in [3.63, 3.8) is 0 Å². The normalized spacial score (nSPS) is 11.0. The summed E-state index contributed by atoms with van der Waals surface area (Å²) in [5.74, 6) is 1.05. The van der Waals surface area contributed by atoms with Crippen molar-refractivity contribution in [3.05, 3.63) is 156 Å². The molecule has 0 aliphatic rings. The maximum atomic E-state index is 14.2. The zero-order chi connectivity index (χ0) is 33.1. The molecule has 0 atom stereocenters. The fourth-order valence-corrected chi connectivity index (χ4v) is 5.65. The Bertz CT molecular complexity index is 1900. The molecule has 6 rings (SSSR count). The number of benzene rings is 5. The molecule has 0 bridgehead atoms. The van der Waals surface area contributed by atoms with Crippen LogP contribution in [0.25, 0.3) is 22.3 Å². The number of furan rings is 1. The van der Waals surface area contributed by atoms with E-state index in [1.54, 1.807) is 11.8 Å². The van der Waals surface area contributed by atoms with Crippen LogP contribution in [0.1, 0.15) is 42.5 Å². The molecular formula is C41H37NO6. The highest BCUT2D eigenvalue weighted by Crippen LogP contribution is 2.38. The zero-order valence-corrected chi connectivity index (χ0v) is 26.8. The van der Waals surface area contributed by atoms with Crippen LogP contribution >= 0.6 is 0 Å². The lowest BCUT2D eigenvalue weighted by atomic mass is 9.96. The molecule has 6 aromatic rings. The highest BCUT2D eigenvalue weighted by molar-refractivity contribution is 5.94. The lowest BCUT2D eigenvalue weighted by molar-refractivity contribution is -0.143. The Labute approximate surface area is 280 Å². The Morgan fingerprint density at radius 2 is 1.38 bits per heavy atom. The van der Waals surface area contributed by atoms with Crippen molar-refractivity contribution in [1.29, 1.82) is 0 Å². The topological polar surface area (TPSA) is 78.2 Å². The number of rotatable bonds is 13. The van der Waals surface area contributed by atoms with Crippen molar-refractivity contribution in [2.75, 3.05) is 18.1 Å². The van der Waals surface area contributed by atoms with E-state index in [1.807, 2.05) is 140 Å². The molecule has 0 fully saturated rings. The number of esters is 1. The fraction of sp³-hybridized carbons (Fsp3) is 0.171. The van der Waals surface area contributed by atoms with Gasteiger partial charge in [0.15, 0.2) is 0 Å². The van der Waals surface area contributed by atoms with Gasteiger partial charge in [-0.3, -0.25) is 9.69 Å². The summed E-state index contributed by atoms with van der Waals surface area (Å²) in [5, 5.41) is 0.820. The summed E-state index contributed by atoms with van der Waals surface area (Å²) >= 11 is 0. The van der Waals surface area contributed by atoms with E-state index >= 15 is 0 Å². The first-order valence-electron chi connectivity index (χ1n) is 16.1. The Kier molecular flexibility index (Phi) is 10.5. The minimum atomic E-state index is -0.471. The molecular weight excluding hydrogens is 602 g/mol. The summed E-state index contributed by atoms with van der Waals surface area (Å²) in [7, 11) is 0. The Balaban J connectivity index is 1.34. The average molecular weight is 640 g/mol. The quantitative estimate of drug-likeness (QED) is 0.0925. The molecule has 7 nitrogen and oxygen atoms in total. The van der Waals surface area contributed by atoms with E-state index in [0.717, 1.165) is 27.6 Å². The number of hydrogen-bond acceptors (Lipinski definition) is 6. The molecule has 1 aromatic heterocycles. The summed E-state index contributed by atoms with van der Waals surface area (Å²) in [4.78, 5) is 27.6. The molecule has 1 amide bonds. The molecule has 242 valence electrons. The molecule has 7 heteroatoms. The molecule has 1 heterocycles. The van der Waals surface area contributed by atoms with Gasteiger partial charge in [-0.2, -0.15) is 0 Å². The van der Waals surface area contributed by atoms with Crippen molar-refractivity contribution in [1.82, 2.24) is 0 Å². The van der Waals surface area contributed by atoms with Crippen LogP contribution in [0.15, 0.2) is 144 Å². The number of hydrogen-bond donors (Lipinski definition) is 0. The van der Waals surface area contributed by atoms with Gasteiger partial charge in [-0.25, -0.2) is 4.79 Å². The highest BCUT2D eigenvalue weighted by atomic mass is 16.6. The minimum absolute atomic E-state index is 0.140.